The summed E-state index contributed by atoms with van der Waals surface area (Å²) in [5, 5.41) is 0. The lowest BCUT2D eigenvalue weighted by molar-refractivity contribution is 0.0923. The van der Waals surface area contributed by atoms with Gasteiger partial charge in [-0.1, -0.05) is 0 Å². The van der Waals surface area contributed by atoms with Crippen molar-refractivity contribution < 1.29 is 9.59 Å². The van der Waals surface area contributed by atoms with Gasteiger partial charge in [-0.3, -0.25) is 9.59 Å². The Kier molecular flexibility index (Phi) is 4.19. The molecule has 0 aliphatic carbocycles. The van der Waals surface area contributed by atoms with Crippen molar-refractivity contribution >= 4 is 93.4 Å². The van der Waals surface area contributed by atoms with Crippen molar-refractivity contribution in [2.75, 3.05) is 16.4 Å². The zero-order chi connectivity index (χ0) is 17.0. The van der Waals surface area contributed by atoms with Crippen molar-refractivity contribution in [1.82, 2.24) is 15.0 Å². The van der Waals surface area contributed by atoms with E-state index in [-0.39, 0.29) is 29.0 Å². The number of benzene rings is 1. The van der Waals surface area contributed by atoms with E-state index >= 15 is 0 Å². The number of anilines is 3. The van der Waals surface area contributed by atoms with Gasteiger partial charge in [0.05, 0.1) is 11.1 Å². The highest BCUT2D eigenvalue weighted by Crippen LogP contribution is 2.45. The van der Waals surface area contributed by atoms with Gasteiger partial charge in [0, 0.05) is 17.9 Å². The lowest BCUT2D eigenvalue weighted by atomic mass is 10.1. The second-order valence-corrected chi connectivity index (χ2v) is 7.48. The summed E-state index contributed by atoms with van der Waals surface area (Å²) in [6, 6.07) is 0. The normalized spacial score (nSPS) is 13.7. The Labute approximate surface area is 162 Å². The SMILES string of the molecule is Nc1nc(N)nc(N2C(=O)c3c(Br)c(Br)c(Br)c(Br)c3C2=O)n1. The summed E-state index contributed by atoms with van der Waals surface area (Å²) in [5.41, 5.74) is 11.4. The lowest BCUT2D eigenvalue weighted by Crippen LogP contribution is -2.32. The number of fused-ring (bicyclic) bond motifs is 1. The number of carbonyl (C=O) groups is 2. The summed E-state index contributed by atoms with van der Waals surface area (Å²) in [4.78, 5) is 37.4. The van der Waals surface area contributed by atoms with Gasteiger partial charge in [0.25, 0.3) is 11.8 Å². The Morgan fingerprint density at radius 3 is 1.48 bits per heavy atom. The van der Waals surface area contributed by atoms with Crippen LogP contribution in [-0.4, -0.2) is 26.8 Å². The molecule has 8 nitrogen and oxygen atoms in total. The van der Waals surface area contributed by atoms with Crippen LogP contribution in [-0.2, 0) is 0 Å². The molecule has 12 heteroatoms. The number of nitrogen functional groups attached to an aromatic ring is 2. The van der Waals surface area contributed by atoms with Gasteiger partial charge in [0.2, 0.25) is 17.8 Å². The molecule has 0 saturated heterocycles. The first kappa shape index (κ1) is 16.7. The minimum absolute atomic E-state index is 0.175. The van der Waals surface area contributed by atoms with Gasteiger partial charge in [-0.2, -0.15) is 15.0 Å². The second-order valence-electron chi connectivity index (χ2n) is 4.30. The van der Waals surface area contributed by atoms with E-state index in [1.165, 1.54) is 0 Å². The van der Waals surface area contributed by atoms with Gasteiger partial charge in [0.1, 0.15) is 0 Å². The number of aromatic nitrogens is 3. The first-order chi connectivity index (χ1) is 10.7. The van der Waals surface area contributed by atoms with Crippen LogP contribution in [0.3, 0.4) is 0 Å². The number of halogens is 4. The fourth-order valence-corrected chi connectivity index (χ4v) is 4.49. The summed E-state index contributed by atoms with van der Waals surface area (Å²) in [6.07, 6.45) is 0. The van der Waals surface area contributed by atoms with Crippen LogP contribution in [0.5, 0.6) is 0 Å². The molecule has 1 aromatic carbocycles. The van der Waals surface area contributed by atoms with Gasteiger partial charge >= 0.3 is 0 Å². The van der Waals surface area contributed by atoms with E-state index in [0.29, 0.717) is 17.9 Å². The molecular weight excluding hydrogens is 568 g/mol. The fourth-order valence-electron chi connectivity index (χ4n) is 2.03. The Hall–Kier alpha value is -1.11. The van der Waals surface area contributed by atoms with Crippen LogP contribution in [0.4, 0.5) is 17.8 Å². The molecule has 1 aliphatic rings. The van der Waals surface area contributed by atoms with E-state index in [4.69, 9.17) is 11.5 Å². The predicted molar refractivity (Wildman–Crippen MR) is 97.0 cm³/mol. The average Bonchev–Trinajstić information content (AvgIpc) is 2.73. The van der Waals surface area contributed by atoms with Crippen molar-refractivity contribution in [3.8, 4) is 0 Å². The highest BCUT2D eigenvalue weighted by Gasteiger charge is 2.43. The third-order valence-electron chi connectivity index (χ3n) is 2.96. The third kappa shape index (κ3) is 2.47. The molecule has 0 spiro atoms. The van der Waals surface area contributed by atoms with Crippen LogP contribution in [0.15, 0.2) is 17.9 Å². The van der Waals surface area contributed by atoms with Gasteiger partial charge in [-0.15, -0.1) is 0 Å². The Bertz CT molecular complexity index is 836. The summed E-state index contributed by atoms with van der Waals surface area (Å²) < 4.78 is 2.03. The number of hydrogen-bond donors (Lipinski definition) is 2. The minimum Gasteiger partial charge on any atom is -0.368 e. The van der Waals surface area contributed by atoms with Gasteiger partial charge in [-0.25, -0.2) is 4.90 Å². The maximum absolute atomic E-state index is 12.7. The summed E-state index contributed by atoms with van der Waals surface area (Å²) in [6.45, 7) is 0. The number of rotatable bonds is 1. The zero-order valence-electron chi connectivity index (χ0n) is 10.8. The molecular formula is C11H4Br4N6O2. The van der Waals surface area contributed by atoms with E-state index in [2.05, 4.69) is 78.7 Å². The first-order valence-corrected chi connectivity index (χ1v) is 8.93. The van der Waals surface area contributed by atoms with Gasteiger partial charge < -0.3 is 11.5 Å². The maximum Gasteiger partial charge on any atom is 0.269 e. The van der Waals surface area contributed by atoms with E-state index < -0.39 is 11.8 Å². The topological polar surface area (TPSA) is 128 Å². The molecule has 0 fully saturated rings. The molecule has 118 valence electrons. The quantitative estimate of drug-likeness (QED) is 0.306. The van der Waals surface area contributed by atoms with Crippen LogP contribution >= 0.6 is 63.7 Å². The standard InChI is InChI=1S/C11H4Br4N6O2/c12-3-1-2(4(13)6(15)5(3)14)8(23)21(7(1)22)11-19-9(16)18-10(17)20-11/h(H4,16,17,18,19,20). The Morgan fingerprint density at radius 1 is 0.696 bits per heavy atom. The van der Waals surface area contributed by atoms with Crippen LogP contribution in [0.1, 0.15) is 20.7 Å². The number of carbonyl (C=O) groups excluding carboxylic acids is 2. The Balaban J connectivity index is 2.26. The fraction of sp³-hybridized carbons (Fsp3) is 0. The molecule has 23 heavy (non-hydrogen) atoms. The highest BCUT2D eigenvalue weighted by molar-refractivity contribution is 9.15. The van der Waals surface area contributed by atoms with E-state index in [0.717, 1.165) is 4.90 Å². The second kappa shape index (κ2) is 5.76. The molecule has 2 amide bonds. The molecule has 0 radical (unpaired) electrons. The number of nitrogens with two attached hydrogens (primary N) is 2. The predicted octanol–water partition coefficient (Wildman–Crippen LogP) is 2.89. The van der Waals surface area contributed by atoms with Gasteiger partial charge in [-0.05, 0) is 63.7 Å². The lowest BCUT2D eigenvalue weighted by Gasteiger charge is -2.11. The molecule has 2 aromatic rings. The molecule has 3 rings (SSSR count). The summed E-state index contributed by atoms with van der Waals surface area (Å²) in [7, 11) is 0. The van der Waals surface area contributed by atoms with Crippen molar-refractivity contribution in [2.24, 2.45) is 0 Å². The van der Waals surface area contributed by atoms with Crippen molar-refractivity contribution in [1.29, 1.82) is 0 Å². The summed E-state index contributed by atoms with van der Waals surface area (Å²) >= 11 is 13.3. The average molecular weight is 572 g/mol. The van der Waals surface area contributed by atoms with Crippen LogP contribution in [0, 0.1) is 0 Å². The van der Waals surface area contributed by atoms with Gasteiger partial charge in [0.15, 0.2) is 0 Å². The van der Waals surface area contributed by atoms with E-state index in [1.807, 2.05) is 0 Å². The van der Waals surface area contributed by atoms with E-state index in [1.54, 1.807) is 0 Å². The molecule has 0 atom stereocenters. The van der Waals surface area contributed by atoms with Crippen molar-refractivity contribution in [3.63, 3.8) is 0 Å². The molecule has 2 heterocycles. The largest absolute Gasteiger partial charge is 0.368 e. The van der Waals surface area contributed by atoms with Crippen molar-refractivity contribution in [3.05, 3.63) is 29.0 Å². The number of hydrogen-bond acceptors (Lipinski definition) is 7. The smallest absolute Gasteiger partial charge is 0.269 e. The number of imide groups is 1. The molecule has 1 aromatic heterocycles. The first-order valence-electron chi connectivity index (χ1n) is 5.75. The zero-order valence-corrected chi connectivity index (χ0v) is 17.1. The van der Waals surface area contributed by atoms with E-state index in [9.17, 15) is 9.59 Å². The highest BCUT2D eigenvalue weighted by atomic mass is 79.9. The molecule has 0 unspecified atom stereocenters. The van der Waals surface area contributed by atoms with Crippen LogP contribution in [0.25, 0.3) is 0 Å². The summed E-state index contributed by atoms with van der Waals surface area (Å²) in [5.74, 6) is -1.81. The molecule has 0 saturated carbocycles. The number of nitrogens with zero attached hydrogens (tertiary/aromatic N) is 4. The van der Waals surface area contributed by atoms with Crippen molar-refractivity contribution in [2.45, 2.75) is 0 Å². The third-order valence-corrected chi connectivity index (χ3v) is 7.73. The van der Waals surface area contributed by atoms with Crippen LogP contribution < -0.4 is 16.4 Å². The number of amides is 2. The minimum atomic E-state index is -0.601. The Morgan fingerprint density at radius 2 is 1.09 bits per heavy atom. The maximum atomic E-state index is 12.7. The molecule has 1 aliphatic heterocycles. The van der Waals surface area contributed by atoms with Crippen LogP contribution in [0.2, 0.25) is 0 Å². The molecule has 0 bridgehead atoms. The monoisotopic (exact) mass is 568 g/mol. The molecule has 4 N–H and O–H groups in total.